The fraction of sp³-hybridized carbons (Fsp3) is 0.459. The molecule has 9 rings (SSSR count). The summed E-state index contributed by atoms with van der Waals surface area (Å²) in [7, 11) is 0. The molecule has 10 heteroatoms. The molecule has 1 aliphatic carbocycles. The lowest BCUT2D eigenvalue weighted by Gasteiger charge is -2.35. The first-order valence-electron chi connectivity index (χ1n) is 16.8. The summed E-state index contributed by atoms with van der Waals surface area (Å²) in [5.74, 6) is 1.82. The molecule has 0 amide bonds. The Bertz CT molecular complexity index is 1930. The van der Waals surface area contributed by atoms with Crippen molar-refractivity contribution in [1.82, 2.24) is 20.2 Å². The van der Waals surface area contributed by atoms with Crippen molar-refractivity contribution in [2.75, 3.05) is 44.2 Å². The molecule has 4 atom stereocenters. The summed E-state index contributed by atoms with van der Waals surface area (Å²) in [6, 6.07) is 10.0. The molecule has 242 valence electrons. The predicted molar refractivity (Wildman–Crippen MR) is 176 cm³/mol. The van der Waals surface area contributed by atoms with Crippen LogP contribution < -0.4 is 15.0 Å². The third-order valence-electron chi connectivity index (χ3n) is 10.9. The Hall–Kier alpha value is -4.04. The van der Waals surface area contributed by atoms with Gasteiger partial charge in [0, 0.05) is 66.6 Å². The van der Waals surface area contributed by atoms with Crippen LogP contribution in [-0.2, 0) is 4.74 Å². The zero-order valence-electron chi connectivity index (χ0n) is 26.1. The van der Waals surface area contributed by atoms with Gasteiger partial charge in [-0.15, -0.1) is 6.42 Å². The molecule has 4 aliphatic heterocycles. The van der Waals surface area contributed by atoms with E-state index in [0.29, 0.717) is 58.4 Å². The van der Waals surface area contributed by atoms with Gasteiger partial charge in [-0.25, -0.2) is 8.78 Å². The molecule has 3 aromatic carbocycles. The molecule has 8 nitrogen and oxygen atoms in total. The van der Waals surface area contributed by atoms with Gasteiger partial charge in [0.15, 0.2) is 5.82 Å². The van der Waals surface area contributed by atoms with E-state index in [1.54, 1.807) is 6.07 Å². The molecule has 47 heavy (non-hydrogen) atoms. The first kappa shape index (κ1) is 29.1. The molecule has 0 spiro atoms. The number of nitrogens with zero attached hydrogens (tertiary/aromatic N) is 4. The summed E-state index contributed by atoms with van der Waals surface area (Å²) in [6.07, 6.45) is 13.0. The average Bonchev–Trinajstić information content (AvgIpc) is 3.63. The maximum absolute atomic E-state index is 16.9. The van der Waals surface area contributed by atoms with Gasteiger partial charge < -0.3 is 24.8 Å². The summed E-state index contributed by atoms with van der Waals surface area (Å²) < 4.78 is 44.2. The average molecular weight is 638 g/mol. The summed E-state index contributed by atoms with van der Waals surface area (Å²) >= 11 is 0. The van der Waals surface area contributed by atoms with E-state index in [4.69, 9.17) is 20.9 Å². The molecule has 4 bridgehead atoms. The Kier molecular flexibility index (Phi) is 6.82. The van der Waals surface area contributed by atoms with Gasteiger partial charge in [-0.05, 0) is 73.7 Å². The van der Waals surface area contributed by atoms with Crippen LogP contribution in [0.2, 0.25) is 0 Å². The van der Waals surface area contributed by atoms with E-state index in [-0.39, 0.29) is 33.8 Å². The van der Waals surface area contributed by atoms with Crippen molar-refractivity contribution >= 4 is 27.5 Å². The lowest BCUT2D eigenvalue weighted by atomic mass is 9.93. The highest BCUT2D eigenvalue weighted by Gasteiger charge is 2.47. The van der Waals surface area contributed by atoms with Crippen molar-refractivity contribution in [2.45, 2.75) is 62.8 Å². The molecular formula is C37H37F2N5O3. The molecule has 1 saturated carbocycles. The fourth-order valence-corrected chi connectivity index (χ4v) is 8.43. The smallest absolute Gasteiger partial charge is 0.319 e. The number of terminal acetylenes is 1. The lowest BCUT2D eigenvalue weighted by Crippen LogP contribution is -2.51. The second-order valence-electron chi connectivity index (χ2n) is 14.3. The number of likely N-dealkylation sites (tertiary alicyclic amines) is 1. The highest BCUT2D eigenvalue weighted by molar-refractivity contribution is 6.04. The molecular weight excluding hydrogens is 600 g/mol. The summed E-state index contributed by atoms with van der Waals surface area (Å²) in [5, 5.41) is 15.7. The number of phenolic OH excluding ortho intramolecular Hbond substituents is 1. The number of benzene rings is 3. The Balaban J connectivity index is 1.11. The number of rotatable bonds is 7. The van der Waals surface area contributed by atoms with Crippen molar-refractivity contribution in [1.29, 1.82) is 0 Å². The van der Waals surface area contributed by atoms with Crippen LogP contribution in [0.1, 0.15) is 44.1 Å². The first-order valence-corrected chi connectivity index (χ1v) is 16.8. The van der Waals surface area contributed by atoms with E-state index >= 15 is 4.39 Å². The minimum atomic E-state index is -0.599. The largest absolute Gasteiger partial charge is 0.508 e. The van der Waals surface area contributed by atoms with Gasteiger partial charge in [0.25, 0.3) is 0 Å². The van der Waals surface area contributed by atoms with E-state index in [0.717, 1.165) is 71.2 Å². The molecule has 0 radical (unpaired) electrons. The molecule has 4 saturated heterocycles. The highest BCUT2D eigenvalue weighted by Crippen LogP contribution is 2.47. The first-order chi connectivity index (χ1) is 22.8. The van der Waals surface area contributed by atoms with Crippen molar-refractivity contribution in [3.8, 4) is 35.2 Å². The molecule has 4 unspecified atom stereocenters. The number of halogens is 2. The number of piperazine rings is 1. The monoisotopic (exact) mass is 637 g/mol. The van der Waals surface area contributed by atoms with Crippen LogP contribution in [0.25, 0.3) is 32.8 Å². The van der Waals surface area contributed by atoms with E-state index in [2.05, 4.69) is 26.0 Å². The van der Waals surface area contributed by atoms with E-state index < -0.39 is 11.6 Å². The van der Waals surface area contributed by atoms with Crippen LogP contribution >= 0.6 is 0 Å². The standard InChI is InChI=1S/C37H37F2N5O3/c1-2-27-31(38)10-3-21-13-24(45)14-30(32(21)27)28-8-9-29-34(33(28)39)41-36(42-35(29)44-15-22-4-5-23(16-44)40-22)46-20-37(11-12-37)19-43-17-25-6-7-26(18-43)47-25/h1,3,8-10,13-14,22-23,25-26,40,45H,4-7,11-12,15-20H2. The summed E-state index contributed by atoms with van der Waals surface area (Å²) in [6.45, 7) is 4.85. The molecule has 1 aromatic heterocycles. The van der Waals surface area contributed by atoms with Gasteiger partial charge >= 0.3 is 6.01 Å². The number of aromatic hydroxyl groups is 1. The molecule has 5 heterocycles. The normalized spacial score (nSPS) is 26.2. The number of phenols is 1. The topological polar surface area (TPSA) is 83.0 Å². The maximum atomic E-state index is 16.9. The van der Waals surface area contributed by atoms with Crippen molar-refractivity contribution < 1.29 is 23.4 Å². The van der Waals surface area contributed by atoms with Crippen LogP contribution in [0.5, 0.6) is 11.8 Å². The third kappa shape index (κ3) is 5.16. The van der Waals surface area contributed by atoms with Crippen molar-refractivity contribution in [3.63, 3.8) is 0 Å². The highest BCUT2D eigenvalue weighted by atomic mass is 19.1. The predicted octanol–water partition coefficient (Wildman–Crippen LogP) is 5.38. The number of morpholine rings is 1. The SMILES string of the molecule is C#Cc1c(F)ccc2cc(O)cc(-c3ccc4c(N5CC6CCC(C5)N6)nc(OCC5(CN6CC7CCC(C6)O7)CC5)nc4c3F)c12. The van der Waals surface area contributed by atoms with Gasteiger partial charge in [-0.3, -0.25) is 4.90 Å². The van der Waals surface area contributed by atoms with Gasteiger partial charge in [0.1, 0.15) is 22.9 Å². The Morgan fingerprint density at radius 2 is 1.74 bits per heavy atom. The number of fused-ring (bicyclic) bond motifs is 6. The molecule has 5 fully saturated rings. The number of anilines is 1. The van der Waals surface area contributed by atoms with Crippen molar-refractivity contribution in [2.24, 2.45) is 5.41 Å². The summed E-state index contributed by atoms with van der Waals surface area (Å²) in [5.41, 5.74) is 0.630. The zero-order chi connectivity index (χ0) is 31.9. The van der Waals surface area contributed by atoms with Gasteiger partial charge in [0.2, 0.25) is 0 Å². The summed E-state index contributed by atoms with van der Waals surface area (Å²) in [4.78, 5) is 14.4. The van der Waals surface area contributed by atoms with Crippen LogP contribution in [0, 0.1) is 29.4 Å². The number of aromatic nitrogens is 2. The van der Waals surface area contributed by atoms with Crippen LogP contribution in [-0.4, -0.2) is 83.6 Å². The van der Waals surface area contributed by atoms with Gasteiger partial charge in [-0.2, -0.15) is 9.97 Å². The van der Waals surface area contributed by atoms with Crippen LogP contribution in [0.4, 0.5) is 14.6 Å². The van der Waals surface area contributed by atoms with E-state index in [1.807, 2.05) is 6.07 Å². The number of ether oxygens (including phenoxy) is 2. The molecule has 5 aliphatic rings. The number of hydrogen-bond donors (Lipinski definition) is 2. The molecule has 2 N–H and O–H groups in total. The number of nitrogens with one attached hydrogen (secondary N) is 1. The molecule has 4 aromatic rings. The van der Waals surface area contributed by atoms with Crippen molar-refractivity contribution in [3.05, 3.63) is 53.6 Å². The number of hydrogen-bond acceptors (Lipinski definition) is 8. The fourth-order valence-electron chi connectivity index (χ4n) is 8.43. The second-order valence-corrected chi connectivity index (χ2v) is 14.3. The third-order valence-corrected chi connectivity index (χ3v) is 10.9. The van der Waals surface area contributed by atoms with E-state index in [1.165, 1.54) is 24.3 Å². The minimum Gasteiger partial charge on any atom is -0.508 e. The van der Waals surface area contributed by atoms with Gasteiger partial charge in [0.05, 0.1) is 24.4 Å². The Morgan fingerprint density at radius 3 is 2.47 bits per heavy atom. The van der Waals surface area contributed by atoms with Crippen LogP contribution in [0.15, 0.2) is 36.4 Å². The lowest BCUT2D eigenvalue weighted by molar-refractivity contribution is -0.0460. The van der Waals surface area contributed by atoms with E-state index in [9.17, 15) is 9.50 Å². The maximum Gasteiger partial charge on any atom is 0.319 e. The minimum absolute atomic E-state index is 0.0173. The Morgan fingerprint density at radius 1 is 0.979 bits per heavy atom. The van der Waals surface area contributed by atoms with Gasteiger partial charge in [-0.1, -0.05) is 18.1 Å². The quantitative estimate of drug-likeness (QED) is 0.262. The Labute approximate surface area is 272 Å². The van der Waals surface area contributed by atoms with Crippen LogP contribution in [0.3, 0.4) is 0 Å². The zero-order valence-corrected chi connectivity index (χ0v) is 26.1. The second kappa shape index (κ2) is 11.0.